The van der Waals surface area contributed by atoms with Gasteiger partial charge < -0.3 is 10.1 Å². The molecule has 1 N–H and O–H groups in total. The second-order valence-corrected chi connectivity index (χ2v) is 4.37. The molecule has 0 radical (unpaired) electrons. The summed E-state index contributed by atoms with van der Waals surface area (Å²) in [4.78, 5) is 3.41. The van der Waals surface area contributed by atoms with Gasteiger partial charge in [-0.3, -0.25) is 0 Å². The topological polar surface area (TPSA) is 25.6 Å². The minimum atomic E-state index is -0.190. The average Bonchev–Trinajstić information content (AvgIpc) is 2.33. The molecule has 1 aromatic rings. The van der Waals surface area contributed by atoms with E-state index in [9.17, 15) is 0 Å². The minimum Gasteiger partial charge on any atom is -0.486 e. The lowest BCUT2D eigenvalue weighted by Gasteiger charge is -2.24. The van der Waals surface area contributed by atoms with Gasteiger partial charge in [0.25, 0.3) is 0 Å². The molecule has 78 valence electrons. The van der Waals surface area contributed by atoms with Gasteiger partial charge in [0.15, 0.2) is 5.69 Å². The maximum Gasteiger partial charge on any atom is 0.187 e. The third kappa shape index (κ3) is 2.11. The summed E-state index contributed by atoms with van der Waals surface area (Å²) in [6, 6.07) is 5.57. The first-order valence-electron chi connectivity index (χ1n) is 5.01. The van der Waals surface area contributed by atoms with E-state index >= 15 is 0 Å². The summed E-state index contributed by atoms with van der Waals surface area (Å²) in [7, 11) is 0. The lowest BCUT2D eigenvalue weighted by molar-refractivity contribution is 0.115. The lowest BCUT2D eigenvalue weighted by atomic mass is 10.1. The number of nitrogens with zero attached hydrogens (tertiary/aromatic N) is 1. The van der Waals surface area contributed by atoms with Crippen molar-refractivity contribution >= 4 is 5.69 Å². The van der Waals surface area contributed by atoms with E-state index < -0.39 is 0 Å². The quantitative estimate of drug-likeness (QED) is 0.654. The monoisotopic (exact) mass is 202 g/mol. The van der Waals surface area contributed by atoms with Gasteiger partial charge in [-0.25, -0.2) is 4.85 Å². The maximum absolute atomic E-state index is 6.96. The SMILES string of the molecule is [C-]#[N+]c1ccc2c(c1)CNCC(C)(C)O2. The minimum absolute atomic E-state index is 0.190. The number of benzene rings is 1. The van der Waals surface area contributed by atoms with E-state index in [2.05, 4.69) is 24.0 Å². The molecule has 0 fully saturated rings. The third-order valence-corrected chi connectivity index (χ3v) is 2.43. The number of rotatable bonds is 0. The molecular weight excluding hydrogens is 188 g/mol. The Morgan fingerprint density at radius 2 is 2.27 bits per heavy atom. The summed E-state index contributed by atoms with van der Waals surface area (Å²) in [5, 5.41) is 3.32. The van der Waals surface area contributed by atoms with Crippen LogP contribution >= 0.6 is 0 Å². The molecule has 0 unspecified atom stereocenters. The fraction of sp³-hybridized carbons (Fsp3) is 0.417. The van der Waals surface area contributed by atoms with Crippen molar-refractivity contribution in [2.75, 3.05) is 6.54 Å². The van der Waals surface area contributed by atoms with Crippen molar-refractivity contribution in [3.05, 3.63) is 35.2 Å². The van der Waals surface area contributed by atoms with Gasteiger partial charge in [-0.05, 0) is 31.5 Å². The van der Waals surface area contributed by atoms with Crippen LogP contribution in [-0.4, -0.2) is 12.1 Å². The zero-order chi connectivity index (χ0) is 10.9. The molecule has 0 bridgehead atoms. The van der Waals surface area contributed by atoms with Crippen molar-refractivity contribution in [2.45, 2.75) is 26.0 Å². The molecular formula is C12H14N2O. The van der Waals surface area contributed by atoms with Gasteiger partial charge in [-0.15, -0.1) is 0 Å². The Hall–Kier alpha value is -1.53. The zero-order valence-corrected chi connectivity index (χ0v) is 9.00. The molecule has 0 aromatic heterocycles. The second-order valence-electron chi connectivity index (χ2n) is 4.37. The molecule has 1 aromatic carbocycles. The summed E-state index contributed by atoms with van der Waals surface area (Å²) >= 11 is 0. The summed E-state index contributed by atoms with van der Waals surface area (Å²) in [5.41, 5.74) is 1.54. The molecule has 15 heavy (non-hydrogen) atoms. The molecule has 0 amide bonds. The Balaban J connectivity index is 2.39. The van der Waals surface area contributed by atoms with Crippen LogP contribution < -0.4 is 10.1 Å². The van der Waals surface area contributed by atoms with Crippen LogP contribution in [0.1, 0.15) is 19.4 Å². The Bertz CT molecular complexity index is 418. The molecule has 3 heteroatoms. The van der Waals surface area contributed by atoms with E-state index in [0.29, 0.717) is 5.69 Å². The smallest absolute Gasteiger partial charge is 0.187 e. The molecule has 3 nitrogen and oxygen atoms in total. The lowest BCUT2D eigenvalue weighted by Crippen LogP contribution is -2.37. The van der Waals surface area contributed by atoms with Crippen LogP contribution in [0.4, 0.5) is 5.69 Å². The fourth-order valence-electron chi connectivity index (χ4n) is 1.71. The van der Waals surface area contributed by atoms with E-state index in [-0.39, 0.29) is 5.60 Å². The first-order chi connectivity index (χ1) is 7.11. The van der Waals surface area contributed by atoms with Crippen molar-refractivity contribution < 1.29 is 4.74 Å². The van der Waals surface area contributed by atoms with E-state index in [4.69, 9.17) is 11.3 Å². The van der Waals surface area contributed by atoms with E-state index in [1.54, 1.807) is 6.07 Å². The van der Waals surface area contributed by atoms with Crippen LogP contribution in [-0.2, 0) is 6.54 Å². The van der Waals surface area contributed by atoms with Crippen LogP contribution in [0.3, 0.4) is 0 Å². The molecule has 0 aliphatic carbocycles. The number of fused-ring (bicyclic) bond motifs is 1. The summed E-state index contributed by atoms with van der Waals surface area (Å²) in [6.45, 7) is 12.6. The Kier molecular flexibility index (Phi) is 2.37. The molecule has 1 heterocycles. The largest absolute Gasteiger partial charge is 0.486 e. The van der Waals surface area contributed by atoms with Gasteiger partial charge in [-0.1, -0.05) is 6.07 Å². The third-order valence-electron chi connectivity index (χ3n) is 2.43. The standard InChI is InChI=1S/C12H14N2O/c1-12(2)8-14-7-9-6-10(13-3)4-5-11(9)15-12/h4-6,14H,7-8H2,1-2H3. The molecule has 0 saturated heterocycles. The second kappa shape index (κ2) is 3.56. The van der Waals surface area contributed by atoms with Crippen LogP contribution in [0.5, 0.6) is 5.75 Å². The number of ether oxygens (including phenoxy) is 1. The van der Waals surface area contributed by atoms with Crippen molar-refractivity contribution in [1.82, 2.24) is 5.32 Å². The van der Waals surface area contributed by atoms with E-state index in [1.807, 2.05) is 12.1 Å². The fourth-order valence-corrected chi connectivity index (χ4v) is 1.71. The van der Waals surface area contributed by atoms with Crippen molar-refractivity contribution in [3.63, 3.8) is 0 Å². The Morgan fingerprint density at radius 3 is 3.00 bits per heavy atom. The maximum atomic E-state index is 6.96. The van der Waals surface area contributed by atoms with Crippen LogP contribution in [0.25, 0.3) is 4.85 Å². The zero-order valence-electron chi connectivity index (χ0n) is 9.00. The van der Waals surface area contributed by atoms with Gasteiger partial charge in [0.05, 0.1) is 6.57 Å². The molecule has 1 aliphatic heterocycles. The number of nitrogens with one attached hydrogen (secondary N) is 1. The van der Waals surface area contributed by atoms with Crippen molar-refractivity contribution in [1.29, 1.82) is 0 Å². The summed E-state index contributed by atoms with van der Waals surface area (Å²) in [5.74, 6) is 0.886. The summed E-state index contributed by atoms with van der Waals surface area (Å²) in [6.07, 6.45) is 0. The number of hydrogen-bond donors (Lipinski definition) is 1. The van der Waals surface area contributed by atoms with Gasteiger partial charge >= 0.3 is 0 Å². The summed E-state index contributed by atoms with van der Waals surface area (Å²) < 4.78 is 5.88. The predicted octanol–water partition coefficient (Wildman–Crippen LogP) is 2.50. The van der Waals surface area contributed by atoms with E-state index in [1.165, 1.54) is 0 Å². The molecule has 0 saturated carbocycles. The van der Waals surface area contributed by atoms with Gasteiger partial charge in [0, 0.05) is 13.1 Å². The highest BCUT2D eigenvalue weighted by molar-refractivity contribution is 5.52. The first-order valence-corrected chi connectivity index (χ1v) is 5.01. The highest BCUT2D eigenvalue weighted by Gasteiger charge is 2.23. The van der Waals surface area contributed by atoms with Crippen molar-refractivity contribution in [3.8, 4) is 5.75 Å². The highest BCUT2D eigenvalue weighted by atomic mass is 16.5. The number of hydrogen-bond acceptors (Lipinski definition) is 2. The first kappa shape index (κ1) is 10.0. The van der Waals surface area contributed by atoms with Gasteiger partial charge in [-0.2, -0.15) is 0 Å². The van der Waals surface area contributed by atoms with Crippen LogP contribution in [0.15, 0.2) is 18.2 Å². The Morgan fingerprint density at radius 1 is 1.47 bits per heavy atom. The van der Waals surface area contributed by atoms with Crippen LogP contribution in [0, 0.1) is 6.57 Å². The predicted molar refractivity (Wildman–Crippen MR) is 59.1 cm³/mol. The molecule has 0 spiro atoms. The Labute approximate surface area is 89.9 Å². The average molecular weight is 202 g/mol. The van der Waals surface area contributed by atoms with Gasteiger partial charge in [0.1, 0.15) is 11.4 Å². The molecule has 1 aliphatic rings. The normalized spacial score (nSPS) is 18.2. The highest BCUT2D eigenvalue weighted by Crippen LogP contribution is 2.29. The molecule has 0 atom stereocenters. The van der Waals surface area contributed by atoms with Gasteiger partial charge in [0.2, 0.25) is 0 Å². The van der Waals surface area contributed by atoms with E-state index in [0.717, 1.165) is 24.4 Å². The molecule has 2 rings (SSSR count). The van der Waals surface area contributed by atoms with Crippen molar-refractivity contribution in [2.24, 2.45) is 0 Å². The van der Waals surface area contributed by atoms with Crippen LogP contribution in [0.2, 0.25) is 0 Å².